The topological polar surface area (TPSA) is 82.6 Å². The molecule has 0 bridgehead atoms. The molecule has 1 N–H and O–H groups in total. The summed E-state index contributed by atoms with van der Waals surface area (Å²) in [5.74, 6) is -0.230. The lowest BCUT2D eigenvalue weighted by Crippen LogP contribution is -2.51. The van der Waals surface area contributed by atoms with Gasteiger partial charge in [-0.2, -0.15) is 0 Å². The maximum atomic E-state index is 12.8. The summed E-state index contributed by atoms with van der Waals surface area (Å²) < 4.78 is 0. The Labute approximate surface area is 177 Å². The lowest BCUT2D eigenvalue weighted by molar-refractivity contribution is -0.132. The summed E-state index contributed by atoms with van der Waals surface area (Å²) in [7, 11) is 0. The van der Waals surface area contributed by atoms with Crippen molar-refractivity contribution in [2.45, 2.75) is 32.7 Å². The lowest BCUT2D eigenvalue weighted by Gasteiger charge is -2.34. The van der Waals surface area contributed by atoms with Crippen LogP contribution in [0.15, 0.2) is 48.7 Å². The van der Waals surface area contributed by atoms with Gasteiger partial charge in [0.1, 0.15) is 0 Å². The molecule has 1 aromatic carbocycles. The maximum absolute atomic E-state index is 12.8. The van der Waals surface area contributed by atoms with Gasteiger partial charge >= 0.3 is 0 Å². The molecule has 3 amide bonds. The molecule has 1 saturated heterocycles. The number of nitrogens with one attached hydrogen (secondary N) is 1. The third kappa shape index (κ3) is 5.65. The monoisotopic (exact) mass is 408 g/mol. The van der Waals surface area contributed by atoms with E-state index >= 15 is 0 Å². The number of pyridine rings is 1. The Morgan fingerprint density at radius 1 is 0.900 bits per heavy atom. The number of rotatable bonds is 4. The van der Waals surface area contributed by atoms with Crippen molar-refractivity contribution in [3.05, 3.63) is 65.5 Å². The Kier molecular flexibility index (Phi) is 6.50. The lowest BCUT2D eigenvalue weighted by atomic mass is 10.1. The van der Waals surface area contributed by atoms with E-state index < -0.39 is 0 Å². The second kappa shape index (κ2) is 9.07. The maximum Gasteiger partial charge on any atom is 0.253 e. The van der Waals surface area contributed by atoms with Crippen LogP contribution in [-0.2, 0) is 11.2 Å². The highest BCUT2D eigenvalue weighted by Crippen LogP contribution is 2.12. The molecule has 0 unspecified atom stereocenters. The molecule has 7 nitrogen and oxygen atoms in total. The SMILES string of the molecule is CC(C)(C)NC(=O)c1ccc(C(=O)N2CCN(C(=O)Cc3ccccn3)CC2)cc1. The summed E-state index contributed by atoms with van der Waals surface area (Å²) in [5, 5.41) is 2.90. The Morgan fingerprint density at radius 2 is 1.50 bits per heavy atom. The van der Waals surface area contributed by atoms with Crippen molar-refractivity contribution in [3.63, 3.8) is 0 Å². The van der Waals surface area contributed by atoms with Crippen LogP contribution >= 0.6 is 0 Å². The summed E-state index contributed by atoms with van der Waals surface area (Å²) in [6, 6.07) is 12.2. The van der Waals surface area contributed by atoms with Crippen molar-refractivity contribution in [3.8, 4) is 0 Å². The van der Waals surface area contributed by atoms with Gasteiger partial charge < -0.3 is 15.1 Å². The predicted molar refractivity (Wildman–Crippen MR) is 114 cm³/mol. The number of piperazine rings is 1. The standard InChI is InChI=1S/C23H28N4O3/c1-23(2,3)25-21(29)17-7-9-18(10-8-17)22(30)27-14-12-26(13-15-27)20(28)16-19-6-4-5-11-24-19/h4-11H,12-16H2,1-3H3,(H,25,29). The second-order valence-corrected chi connectivity index (χ2v) is 8.45. The van der Waals surface area contributed by atoms with E-state index in [1.54, 1.807) is 40.3 Å². The average molecular weight is 409 g/mol. The number of aromatic nitrogens is 1. The number of carbonyl (C=O) groups is 3. The van der Waals surface area contributed by atoms with Crippen LogP contribution < -0.4 is 5.32 Å². The molecule has 0 saturated carbocycles. The highest BCUT2D eigenvalue weighted by atomic mass is 16.2. The number of hydrogen-bond donors (Lipinski definition) is 1. The number of benzene rings is 1. The zero-order valence-corrected chi connectivity index (χ0v) is 17.7. The molecule has 0 aliphatic carbocycles. The van der Waals surface area contributed by atoms with Gasteiger partial charge in [-0.3, -0.25) is 19.4 Å². The highest BCUT2D eigenvalue weighted by Gasteiger charge is 2.25. The third-order valence-corrected chi connectivity index (χ3v) is 4.86. The zero-order chi connectivity index (χ0) is 21.7. The van der Waals surface area contributed by atoms with Crippen LogP contribution in [0.25, 0.3) is 0 Å². The molecule has 2 aromatic rings. The highest BCUT2D eigenvalue weighted by molar-refractivity contribution is 5.98. The van der Waals surface area contributed by atoms with Crippen LogP contribution in [0.3, 0.4) is 0 Å². The first kappa shape index (κ1) is 21.5. The van der Waals surface area contributed by atoms with Gasteiger partial charge in [0.15, 0.2) is 0 Å². The molecular formula is C23H28N4O3. The van der Waals surface area contributed by atoms with Gasteiger partial charge in [0.25, 0.3) is 11.8 Å². The minimum absolute atomic E-state index is 0.0232. The van der Waals surface area contributed by atoms with Gasteiger partial charge in [-0.15, -0.1) is 0 Å². The predicted octanol–water partition coefficient (Wildman–Crippen LogP) is 2.14. The molecule has 0 radical (unpaired) electrons. The van der Waals surface area contributed by atoms with Gasteiger partial charge in [-0.25, -0.2) is 0 Å². The summed E-state index contributed by atoms with van der Waals surface area (Å²) in [6.45, 7) is 7.74. The van der Waals surface area contributed by atoms with Crippen LogP contribution in [0.4, 0.5) is 0 Å². The van der Waals surface area contributed by atoms with Crippen molar-refractivity contribution in [2.75, 3.05) is 26.2 Å². The third-order valence-electron chi connectivity index (χ3n) is 4.86. The van der Waals surface area contributed by atoms with E-state index in [2.05, 4.69) is 10.3 Å². The summed E-state index contributed by atoms with van der Waals surface area (Å²) >= 11 is 0. The number of hydrogen-bond acceptors (Lipinski definition) is 4. The largest absolute Gasteiger partial charge is 0.347 e. The molecule has 0 spiro atoms. The molecule has 1 fully saturated rings. The first-order valence-corrected chi connectivity index (χ1v) is 10.1. The Hall–Kier alpha value is -3.22. The van der Waals surface area contributed by atoms with Gasteiger partial charge in [-0.05, 0) is 57.2 Å². The quantitative estimate of drug-likeness (QED) is 0.840. The fraction of sp³-hybridized carbons (Fsp3) is 0.391. The minimum Gasteiger partial charge on any atom is -0.347 e. The Bertz CT molecular complexity index is 896. The molecular weight excluding hydrogens is 380 g/mol. The molecule has 158 valence electrons. The molecule has 1 aliphatic heterocycles. The molecule has 7 heteroatoms. The van der Waals surface area contributed by atoms with Gasteiger partial charge in [0.2, 0.25) is 5.91 Å². The molecule has 1 aliphatic rings. The van der Waals surface area contributed by atoms with Crippen molar-refractivity contribution in [1.29, 1.82) is 0 Å². The number of amides is 3. The van der Waals surface area contributed by atoms with Gasteiger partial charge in [0, 0.05) is 54.7 Å². The van der Waals surface area contributed by atoms with E-state index in [9.17, 15) is 14.4 Å². The smallest absolute Gasteiger partial charge is 0.253 e. The Balaban J connectivity index is 1.53. The van der Waals surface area contributed by atoms with Crippen molar-refractivity contribution >= 4 is 17.7 Å². The number of nitrogens with zero attached hydrogens (tertiary/aromatic N) is 3. The molecule has 2 heterocycles. The first-order chi connectivity index (χ1) is 14.2. The van der Waals surface area contributed by atoms with E-state index in [0.29, 0.717) is 37.3 Å². The van der Waals surface area contributed by atoms with Gasteiger partial charge in [0.05, 0.1) is 6.42 Å². The van der Waals surface area contributed by atoms with Gasteiger partial charge in [-0.1, -0.05) is 6.07 Å². The van der Waals surface area contributed by atoms with E-state index in [4.69, 9.17) is 0 Å². The average Bonchev–Trinajstić information content (AvgIpc) is 2.73. The van der Waals surface area contributed by atoms with Crippen LogP contribution in [0.2, 0.25) is 0 Å². The minimum atomic E-state index is -0.320. The summed E-state index contributed by atoms with van der Waals surface area (Å²) in [4.78, 5) is 45.2. The molecule has 1 aromatic heterocycles. The first-order valence-electron chi connectivity index (χ1n) is 10.1. The Morgan fingerprint density at radius 3 is 2.07 bits per heavy atom. The summed E-state index contributed by atoms with van der Waals surface area (Å²) in [6.07, 6.45) is 1.95. The van der Waals surface area contributed by atoms with E-state index in [1.165, 1.54) is 0 Å². The number of carbonyl (C=O) groups excluding carboxylic acids is 3. The van der Waals surface area contributed by atoms with Crippen molar-refractivity contribution in [2.24, 2.45) is 0 Å². The van der Waals surface area contributed by atoms with E-state index in [1.807, 2.05) is 39.0 Å². The summed E-state index contributed by atoms with van der Waals surface area (Å²) in [5.41, 5.74) is 1.48. The molecule has 0 atom stereocenters. The van der Waals surface area contributed by atoms with Crippen molar-refractivity contribution in [1.82, 2.24) is 20.1 Å². The van der Waals surface area contributed by atoms with Crippen molar-refractivity contribution < 1.29 is 14.4 Å². The molecule has 3 rings (SSSR count). The molecule has 30 heavy (non-hydrogen) atoms. The van der Waals surface area contributed by atoms with Crippen LogP contribution in [0.1, 0.15) is 47.2 Å². The van der Waals surface area contributed by atoms with Crippen LogP contribution in [0, 0.1) is 0 Å². The van der Waals surface area contributed by atoms with Crippen LogP contribution in [0.5, 0.6) is 0 Å². The fourth-order valence-corrected chi connectivity index (χ4v) is 3.29. The second-order valence-electron chi connectivity index (χ2n) is 8.45. The van der Waals surface area contributed by atoms with Crippen LogP contribution in [-0.4, -0.2) is 64.2 Å². The normalized spacial score (nSPS) is 14.4. The van der Waals surface area contributed by atoms with E-state index in [-0.39, 0.29) is 29.7 Å². The fourth-order valence-electron chi connectivity index (χ4n) is 3.29. The zero-order valence-electron chi connectivity index (χ0n) is 17.7. The van der Waals surface area contributed by atoms with E-state index in [0.717, 1.165) is 5.69 Å².